The topological polar surface area (TPSA) is 47.6 Å². The van der Waals surface area contributed by atoms with Gasteiger partial charge in [-0.15, -0.1) is 0 Å². The van der Waals surface area contributed by atoms with Crippen molar-refractivity contribution < 1.29 is 14.3 Å². The first kappa shape index (κ1) is 14.5. The molecule has 2 atom stereocenters. The average molecular weight is 310 g/mol. The maximum Gasteiger partial charge on any atom is 0.251 e. The first-order valence-corrected chi connectivity index (χ1v) is 7.76. The van der Waals surface area contributed by atoms with Gasteiger partial charge >= 0.3 is 0 Å². The van der Waals surface area contributed by atoms with Crippen molar-refractivity contribution in [3.8, 4) is 11.5 Å². The van der Waals surface area contributed by atoms with E-state index in [-0.39, 0.29) is 5.91 Å². The van der Waals surface area contributed by atoms with Crippen LogP contribution in [0.5, 0.6) is 11.5 Å². The molecule has 114 valence electrons. The Labute approximate surface area is 129 Å². The molecule has 3 rings (SSSR count). The SMILES string of the molecule is COc1cc(C(=O)NC2[C@@H]3CCCC[C@@H]23)cc(Cl)c1OC. The lowest BCUT2D eigenvalue weighted by Crippen LogP contribution is -2.27. The molecule has 0 heterocycles. The van der Waals surface area contributed by atoms with Crippen molar-refractivity contribution in [1.82, 2.24) is 5.32 Å². The van der Waals surface area contributed by atoms with Crippen LogP contribution in [-0.2, 0) is 0 Å². The van der Waals surface area contributed by atoms with Crippen LogP contribution in [0.3, 0.4) is 0 Å². The number of rotatable bonds is 4. The molecule has 2 fully saturated rings. The molecule has 0 spiro atoms. The molecule has 0 aliphatic heterocycles. The number of benzene rings is 1. The maximum atomic E-state index is 12.4. The molecule has 1 aromatic carbocycles. The molecule has 5 heteroatoms. The minimum Gasteiger partial charge on any atom is -0.493 e. The second-order valence-electron chi connectivity index (χ2n) is 5.80. The summed E-state index contributed by atoms with van der Waals surface area (Å²) in [7, 11) is 3.06. The van der Waals surface area contributed by atoms with Crippen molar-refractivity contribution in [2.24, 2.45) is 11.8 Å². The predicted molar refractivity (Wildman–Crippen MR) is 81.3 cm³/mol. The number of amides is 1. The number of ether oxygens (including phenoxy) is 2. The smallest absolute Gasteiger partial charge is 0.251 e. The molecular formula is C16H20ClNO3. The Hall–Kier alpha value is -1.42. The summed E-state index contributed by atoms with van der Waals surface area (Å²) in [5.74, 6) is 2.20. The lowest BCUT2D eigenvalue weighted by atomic mass is 10.0. The van der Waals surface area contributed by atoms with Crippen LogP contribution in [-0.4, -0.2) is 26.2 Å². The van der Waals surface area contributed by atoms with Gasteiger partial charge in [-0.1, -0.05) is 24.4 Å². The zero-order valence-electron chi connectivity index (χ0n) is 12.3. The first-order valence-electron chi connectivity index (χ1n) is 7.38. The van der Waals surface area contributed by atoms with Gasteiger partial charge in [0.2, 0.25) is 0 Å². The van der Waals surface area contributed by atoms with Crippen LogP contribution in [0.1, 0.15) is 36.0 Å². The van der Waals surface area contributed by atoms with Gasteiger partial charge in [-0.25, -0.2) is 0 Å². The lowest BCUT2D eigenvalue weighted by Gasteiger charge is -2.12. The molecule has 0 saturated heterocycles. The van der Waals surface area contributed by atoms with Gasteiger partial charge in [0.25, 0.3) is 5.91 Å². The van der Waals surface area contributed by atoms with E-state index in [4.69, 9.17) is 21.1 Å². The Bertz CT molecular complexity index is 549. The molecule has 21 heavy (non-hydrogen) atoms. The molecule has 0 radical (unpaired) electrons. The van der Waals surface area contributed by atoms with Gasteiger partial charge in [0, 0.05) is 11.6 Å². The Morgan fingerprint density at radius 2 is 1.86 bits per heavy atom. The highest BCUT2D eigenvalue weighted by Crippen LogP contribution is 2.49. The van der Waals surface area contributed by atoms with Crippen molar-refractivity contribution >= 4 is 17.5 Å². The van der Waals surface area contributed by atoms with Crippen LogP contribution >= 0.6 is 11.6 Å². The van der Waals surface area contributed by atoms with E-state index in [1.807, 2.05) is 0 Å². The minimum atomic E-state index is -0.0859. The quantitative estimate of drug-likeness (QED) is 0.928. The summed E-state index contributed by atoms with van der Waals surface area (Å²) in [4.78, 5) is 12.4. The van der Waals surface area contributed by atoms with Gasteiger partial charge in [-0.05, 0) is 36.8 Å². The van der Waals surface area contributed by atoms with Crippen molar-refractivity contribution in [2.45, 2.75) is 31.7 Å². The number of hydrogen-bond donors (Lipinski definition) is 1. The number of carbonyl (C=O) groups is 1. The van der Waals surface area contributed by atoms with Gasteiger partial charge in [0.15, 0.2) is 11.5 Å². The highest BCUT2D eigenvalue weighted by molar-refractivity contribution is 6.32. The van der Waals surface area contributed by atoms with Crippen LogP contribution in [0.15, 0.2) is 12.1 Å². The van der Waals surface area contributed by atoms with Crippen LogP contribution in [0.25, 0.3) is 0 Å². The van der Waals surface area contributed by atoms with Gasteiger partial charge in [-0.3, -0.25) is 4.79 Å². The minimum absolute atomic E-state index is 0.0859. The zero-order chi connectivity index (χ0) is 15.0. The average Bonchev–Trinajstić information content (AvgIpc) is 3.19. The second-order valence-corrected chi connectivity index (χ2v) is 6.21. The van der Waals surface area contributed by atoms with Gasteiger partial charge in [0.1, 0.15) is 0 Å². The second kappa shape index (κ2) is 5.76. The highest BCUT2D eigenvalue weighted by Gasteiger charge is 2.51. The number of fused-ring (bicyclic) bond motifs is 1. The monoisotopic (exact) mass is 309 g/mol. The summed E-state index contributed by atoms with van der Waals surface area (Å²) in [5.41, 5.74) is 0.515. The van der Waals surface area contributed by atoms with E-state index in [1.54, 1.807) is 12.1 Å². The molecule has 2 aliphatic carbocycles. The van der Waals surface area contributed by atoms with E-state index in [0.717, 1.165) is 0 Å². The number of hydrogen-bond acceptors (Lipinski definition) is 3. The third-order valence-corrected chi connectivity index (χ3v) is 4.93. The maximum absolute atomic E-state index is 12.4. The Kier molecular flexibility index (Phi) is 3.98. The third-order valence-electron chi connectivity index (χ3n) is 4.65. The molecule has 4 nitrogen and oxygen atoms in total. The van der Waals surface area contributed by atoms with Crippen LogP contribution in [0.4, 0.5) is 0 Å². The van der Waals surface area contributed by atoms with E-state index < -0.39 is 0 Å². The van der Waals surface area contributed by atoms with E-state index in [2.05, 4.69) is 5.32 Å². The van der Waals surface area contributed by atoms with Gasteiger partial charge < -0.3 is 14.8 Å². The summed E-state index contributed by atoms with van der Waals surface area (Å²) in [6, 6.07) is 3.64. The predicted octanol–water partition coefficient (Wildman–Crippen LogP) is 3.28. The molecule has 0 bridgehead atoms. The molecule has 1 N–H and O–H groups in total. The number of carbonyl (C=O) groups excluding carboxylic acids is 1. The standard InChI is InChI=1S/C16H20ClNO3/c1-20-13-8-9(7-12(17)15(13)21-2)16(19)18-14-10-5-3-4-6-11(10)14/h7-8,10-11,14H,3-6H2,1-2H3,(H,18,19)/t10-,11-/m1/s1. The zero-order valence-corrected chi connectivity index (χ0v) is 13.1. The number of halogens is 1. The van der Waals surface area contributed by atoms with Crippen LogP contribution < -0.4 is 14.8 Å². The molecule has 2 saturated carbocycles. The van der Waals surface area contributed by atoms with E-state index in [0.29, 0.717) is 40.0 Å². The van der Waals surface area contributed by atoms with Crippen LogP contribution in [0, 0.1) is 11.8 Å². The molecule has 1 aromatic rings. The fourth-order valence-corrected chi connectivity index (χ4v) is 3.78. The summed E-state index contributed by atoms with van der Waals surface area (Å²) < 4.78 is 10.4. The molecule has 2 aliphatic rings. The number of methoxy groups -OCH3 is 2. The Morgan fingerprint density at radius 1 is 1.19 bits per heavy atom. The largest absolute Gasteiger partial charge is 0.493 e. The summed E-state index contributed by atoms with van der Waals surface area (Å²) >= 11 is 6.15. The Balaban J connectivity index is 1.74. The fourth-order valence-electron chi connectivity index (χ4n) is 3.49. The van der Waals surface area contributed by atoms with Crippen molar-refractivity contribution in [3.63, 3.8) is 0 Å². The summed E-state index contributed by atoms with van der Waals surface area (Å²) in [6.45, 7) is 0. The summed E-state index contributed by atoms with van der Waals surface area (Å²) in [5, 5.41) is 3.52. The number of nitrogens with one attached hydrogen (secondary N) is 1. The van der Waals surface area contributed by atoms with E-state index in [1.165, 1.54) is 39.9 Å². The van der Waals surface area contributed by atoms with Gasteiger partial charge in [-0.2, -0.15) is 0 Å². The fraction of sp³-hybridized carbons (Fsp3) is 0.562. The Morgan fingerprint density at radius 3 is 2.43 bits per heavy atom. The molecular weight excluding hydrogens is 290 g/mol. The van der Waals surface area contributed by atoms with E-state index >= 15 is 0 Å². The summed E-state index contributed by atoms with van der Waals surface area (Å²) in [6.07, 6.45) is 5.05. The van der Waals surface area contributed by atoms with Crippen LogP contribution in [0.2, 0.25) is 5.02 Å². The van der Waals surface area contributed by atoms with Crippen molar-refractivity contribution in [2.75, 3.05) is 14.2 Å². The lowest BCUT2D eigenvalue weighted by molar-refractivity contribution is 0.0947. The van der Waals surface area contributed by atoms with E-state index in [9.17, 15) is 4.79 Å². The van der Waals surface area contributed by atoms with Gasteiger partial charge in [0.05, 0.1) is 19.2 Å². The third kappa shape index (κ3) is 2.69. The molecule has 1 amide bonds. The molecule has 0 aromatic heterocycles. The van der Waals surface area contributed by atoms with Crippen molar-refractivity contribution in [3.05, 3.63) is 22.7 Å². The first-order chi connectivity index (χ1) is 10.2. The van der Waals surface area contributed by atoms with Crippen molar-refractivity contribution in [1.29, 1.82) is 0 Å². The molecule has 0 unspecified atom stereocenters. The normalized spacial score (nSPS) is 26.7. The highest BCUT2D eigenvalue weighted by atomic mass is 35.5.